The van der Waals surface area contributed by atoms with Crippen LogP contribution in [0.5, 0.6) is 0 Å². The maximum Gasteiger partial charge on any atom is 0.266 e. The summed E-state index contributed by atoms with van der Waals surface area (Å²) in [5.74, 6) is 4.70. The molecule has 2 heterocycles. The van der Waals surface area contributed by atoms with Gasteiger partial charge >= 0.3 is 0 Å². The number of halogens is 1. The molecule has 1 amide bonds. The Bertz CT molecular complexity index is 493. The lowest BCUT2D eigenvalue weighted by atomic mass is 10.3. The first-order valence-electron chi connectivity index (χ1n) is 3.86. The summed E-state index contributed by atoms with van der Waals surface area (Å²) in [6.45, 7) is 0. The summed E-state index contributed by atoms with van der Waals surface area (Å²) in [4.78, 5) is 15.3. The lowest BCUT2D eigenvalue weighted by molar-refractivity contribution is 0.0953. The summed E-state index contributed by atoms with van der Waals surface area (Å²) in [7, 11) is 0. The molecule has 0 aliphatic heterocycles. The van der Waals surface area contributed by atoms with Gasteiger partial charge in [-0.15, -0.1) is 0 Å². The molecule has 5 nitrogen and oxygen atoms in total. The maximum absolute atomic E-state index is 11.2. The number of amides is 1. The number of carbonyl (C=O) groups is 1. The van der Waals surface area contributed by atoms with E-state index in [0.29, 0.717) is 5.56 Å². The average Bonchev–Trinajstić information content (AvgIpc) is 2.59. The van der Waals surface area contributed by atoms with Gasteiger partial charge in [-0.05, 0) is 28.1 Å². The number of rotatable bonds is 1. The van der Waals surface area contributed by atoms with Gasteiger partial charge in [0.1, 0.15) is 10.3 Å². The van der Waals surface area contributed by atoms with Crippen molar-refractivity contribution in [2.75, 3.05) is 0 Å². The zero-order valence-electron chi connectivity index (χ0n) is 7.07. The minimum Gasteiger partial charge on any atom is -0.293 e. The summed E-state index contributed by atoms with van der Waals surface area (Å²) in [6, 6.07) is 3.41. The van der Waals surface area contributed by atoms with Gasteiger partial charge in [0.15, 0.2) is 0 Å². The summed E-state index contributed by atoms with van der Waals surface area (Å²) in [5.41, 5.74) is 3.32. The molecule has 0 radical (unpaired) electrons. The van der Waals surface area contributed by atoms with E-state index in [0.717, 1.165) is 10.3 Å². The van der Waals surface area contributed by atoms with Crippen LogP contribution in [-0.4, -0.2) is 15.3 Å². The monoisotopic (exact) mass is 254 g/mol. The zero-order valence-corrected chi connectivity index (χ0v) is 8.65. The Labute approximate surface area is 88.0 Å². The van der Waals surface area contributed by atoms with E-state index >= 15 is 0 Å². The van der Waals surface area contributed by atoms with E-state index in [1.807, 2.05) is 0 Å². The van der Waals surface area contributed by atoms with Crippen LogP contribution in [0.1, 0.15) is 10.4 Å². The summed E-state index contributed by atoms with van der Waals surface area (Å²) < 4.78 is 2.55. The smallest absolute Gasteiger partial charge is 0.266 e. The van der Waals surface area contributed by atoms with Crippen molar-refractivity contribution in [1.82, 2.24) is 14.8 Å². The van der Waals surface area contributed by atoms with Crippen molar-refractivity contribution < 1.29 is 4.79 Å². The molecule has 0 saturated carbocycles. The van der Waals surface area contributed by atoms with Gasteiger partial charge in [0, 0.05) is 6.20 Å². The van der Waals surface area contributed by atoms with E-state index < -0.39 is 0 Å². The van der Waals surface area contributed by atoms with Crippen LogP contribution in [0.15, 0.2) is 29.1 Å². The molecule has 0 aliphatic carbocycles. The van der Waals surface area contributed by atoms with Gasteiger partial charge in [0.25, 0.3) is 5.91 Å². The highest BCUT2D eigenvalue weighted by molar-refractivity contribution is 9.10. The van der Waals surface area contributed by atoms with Crippen LogP contribution in [0.2, 0.25) is 0 Å². The molecule has 2 aromatic heterocycles. The molecule has 14 heavy (non-hydrogen) atoms. The van der Waals surface area contributed by atoms with E-state index in [4.69, 9.17) is 5.84 Å². The number of nitrogens with one attached hydrogen (secondary N) is 1. The Hall–Kier alpha value is -1.40. The lowest BCUT2D eigenvalue weighted by Gasteiger charge is -2.00. The van der Waals surface area contributed by atoms with Crippen molar-refractivity contribution in [2.24, 2.45) is 5.84 Å². The number of pyridine rings is 1. The Balaban J connectivity index is 2.60. The number of fused-ring (bicyclic) bond motifs is 1. The number of imidazole rings is 1. The van der Waals surface area contributed by atoms with E-state index in [9.17, 15) is 4.79 Å². The third-order valence-corrected chi connectivity index (χ3v) is 2.44. The van der Waals surface area contributed by atoms with E-state index in [2.05, 4.69) is 26.3 Å². The van der Waals surface area contributed by atoms with Crippen molar-refractivity contribution in [3.05, 3.63) is 34.7 Å². The second-order valence-electron chi connectivity index (χ2n) is 2.70. The minimum atomic E-state index is -0.326. The van der Waals surface area contributed by atoms with Crippen LogP contribution in [-0.2, 0) is 0 Å². The molecule has 3 N–H and O–H groups in total. The molecule has 0 spiro atoms. The molecule has 72 valence electrons. The Morgan fingerprint density at radius 3 is 3.07 bits per heavy atom. The highest BCUT2D eigenvalue weighted by atomic mass is 79.9. The Kier molecular flexibility index (Phi) is 2.22. The SMILES string of the molecule is NNC(=O)c1ccc2ncc(Br)n2c1. The van der Waals surface area contributed by atoms with E-state index in [1.165, 1.54) is 0 Å². The van der Waals surface area contributed by atoms with Crippen LogP contribution in [0, 0.1) is 0 Å². The summed E-state index contributed by atoms with van der Waals surface area (Å²) >= 11 is 3.31. The van der Waals surface area contributed by atoms with Crippen molar-refractivity contribution in [3.8, 4) is 0 Å². The second kappa shape index (κ2) is 3.39. The van der Waals surface area contributed by atoms with Gasteiger partial charge in [-0.3, -0.25) is 14.6 Å². The number of nitrogens with two attached hydrogens (primary N) is 1. The molecular weight excluding hydrogens is 248 g/mol. The quantitative estimate of drug-likeness (QED) is 0.447. The van der Waals surface area contributed by atoms with E-state index in [1.54, 1.807) is 28.9 Å². The molecular formula is C8H7BrN4O. The number of hydrogen-bond acceptors (Lipinski definition) is 3. The van der Waals surface area contributed by atoms with Crippen LogP contribution in [0.4, 0.5) is 0 Å². The van der Waals surface area contributed by atoms with Crippen LogP contribution in [0.3, 0.4) is 0 Å². The molecule has 0 bridgehead atoms. The van der Waals surface area contributed by atoms with Gasteiger partial charge in [-0.2, -0.15) is 0 Å². The van der Waals surface area contributed by atoms with Gasteiger partial charge in [0.05, 0.1) is 11.8 Å². The first kappa shape index (κ1) is 9.17. The molecule has 2 rings (SSSR count). The average molecular weight is 255 g/mol. The predicted molar refractivity (Wildman–Crippen MR) is 54.5 cm³/mol. The molecule has 0 fully saturated rings. The molecule has 6 heteroatoms. The van der Waals surface area contributed by atoms with E-state index in [-0.39, 0.29) is 5.91 Å². The molecule has 0 saturated heterocycles. The second-order valence-corrected chi connectivity index (χ2v) is 3.51. The summed E-state index contributed by atoms with van der Waals surface area (Å²) in [5, 5.41) is 0. The molecule has 0 unspecified atom stereocenters. The fraction of sp³-hybridized carbons (Fsp3) is 0. The van der Waals surface area contributed by atoms with Crippen LogP contribution >= 0.6 is 15.9 Å². The van der Waals surface area contributed by atoms with Gasteiger partial charge in [-0.1, -0.05) is 0 Å². The number of nitrogens with zero attached hydrogens (tertiary/aromatic N) is 2. The van der Waals surface area contributed by atoms with Crippen LogP contribution < -0.4 is 11.3 Å². The standard InChI is InChI=1S/C8H7BrN4O/c9-6-3-11-7-2-1-5(4-13(6)7)8(14)12-10/h1-4H,10H2,(H,12,14). The first-order valence-corrected chi connectivity index (χ1v) is 4.65. The fourth-order valence-corrected chi connectivity index (χ4v) is 1.55. The van der Waals surface area contributed by atoms with Crippen LogP contribution in [0.25, 0.3) is 5.65 Å². The number of carbonyl (C=O) groups excluding carboxylic acids is 1. The normalized spacial score (nSPS) is 10.4. The first-order chi connectivity index (χ1) is 6.72. The number of hydrazine groups is 1. The number of hydrogen-bond donors (Lipinski definition) is 2. The van der Waals surface area contributed by atoms with Crippen molar-refractivity contribution >= 4 is 27.5 Å². The minimum absolute atomic E-state index is 0.326. The van der Waals surface area contributed by atoms with Gasteiger partial charge in [0.2, 0.25) is 0 Å². The predicted octanol–water partition coefficient (Wildman–Crippen LogP) is 0.700. The zero-order chi connectivity index (χ0) is 10.1. The highest BCUT2D eigenvalue weighted by Crippen LogP contribution is 2.13. The van der Waals surface area contributed by atoms with Crippen molar-refractivity contribution in [1.29, 1.82) is 0 Å². The fourth-order valence-electron chi connectivity index (χ4n) is 1.17. The highest BCUT2D eigenvalue weighted by Gasteiger charge is 2.06. The Morgan fingerprint density at radius 1 is 1.57 bits per heavy atom. The topological polar surface area (TPSA) is 72.4 Å². The maximum atomic E-state index is 11.2. The van der Waals surface area contributed by atoms with Crippen molar-refractivity contribution in [2.45, 2.75) is 0 Å². The number of nitrogen functional groups attached to an aromatic ring is 1. The summed E-state index contributed by atoms with van der Waals surface area (Å²) in [6.07, 6.45) is 3.33. The number of aromatic nitrogens is 2. The molecule has 0 atom stereocenters. The third kappa shape index (κ3) is 1.38. The Morgan fingerprint density at radius 2 is 2.36 bits per heavy atom. The van der Waals surface area contributed by atoms with Gasteiger partial charge in [-0.25, -0.2) is 10.8 Å². The largest absolute Gasteiger partial charge is 0.293 e. The third-order valence-electron chi connectivity index (χ3n) is 1.85. The molecule has 0 aromatic carbocycles. The lowest BCUT2D eigenvalue weighted by Crippen LogP contribution is -2.30. The van der Waals surface area contributed by atoms with Gasteiger partial charge < -0.3 is 0 Å². The molecule has 2 aromatic rings. The van der Waals surface area contributed by atoms with Crippen molar-refractivity contribution in [3.63, 3.8) is 0 Å². The molecule has 0 aliphatic rings.